The molecular formula is C17H22F3NO4S. The zero-order chi connectivity index (χ0) is 19.8. The van der Waals surface area contributed by atoms with E-state index in [1.807, 2.05) is 0 Å². The average Bonchev–Trinajstić information content (AvgIpc) is 2.52. The maximum Gasteiger partial charge on any atom is 0.416 e. The number of piperidine rings is 1. The van der Waals surface area contributed by atoms with Gasteiger partial charge in [0, 0.05) is 13.1 Å². The Balaban J connectivity index is 2.17. The van der Waals surface area contributed by atoms with E-state index in [-0.39, 0.29) is 18.0 Å². The molecule has 1 aromatic carbocycles. The SMILES string of the molecule is CC(C)(C)OC(=O)[C@@H]1CCCN(S(=O)(=O)c2ccc(C(F)(F)F)cc2)C1. The normalized spacial score (nSPS) is 20.0. The number of halogens is 3. The predicted molar refractivity (Wildman–Crippen MR) is 88.8 cm³/mol. The van der Waals surface area contributed by atoms with E-state index in [1.165, 1.54) is 0 Å². The summed E-state index contributed by atoms with van der Waals surface area (Å²) < 4.78 is 69.7. The molecule has 0 N–H and O–H groups in total. The van der Waals surface area contributed by atoms with Gasteiger partial charge < -0.3 is 4.74 Å². The van der Waals surface area contributed by atoms with Crippen molar-refractivity contribution in [1.82, 2.24) is 4.31 Å². The minimum Gasteiger partial charge on any atom is -0.460 e. The van der Waals surface area contributed by atoms with Crippen LogP contribution in [0, 0.1) is 5.92 Å². The zero-order valence-electron chi connectivity index (χ0n) is 14.8. The molecule has 0 unspecified atom stereocenters. The number of nitrogens with zero attached hydrogens (tertiary/aromatic N) is 1. The monoisotopic (exact) mass is 393 g/mol. The van der Waals surface area contributed by atoms with Gasteiger partial charge in [0.15, 0.2) is 0 Å². The van der Waals surface area contributed by atoms with Crippen molar-refractivity contribution in [3.05, 3.63) is 29.8 Å². The molecule has 0 saturated carbocycles. The van der Waals surface area contributed by atoms with E-state index in [0.29, 0.717) is 12.8 Å². The summed E-state index contributed by atoms with van der Waals surface area (Å²) in [5, 5.41) is 0. The molecule has 0 aromatic heterocycles. The number of rotatable bonds is 3. The topological polar surface area (TPSA) is 63.7 Å². The van der Waals surface area contributed by atoms with E-state index in [9.17, 15) is 26.4 Å². The molecule has 0 bridgehead atoms. The molecule has 26 heavy (non-hydrogen) atoms. The molecule has 1 aliphatic rings. The summed E-state index contributed by atoms with van der Waals surface area (Å²) in [6.07, 6.45) is -3.55. The van der Waals surface area contributed by atoms with Crippen molar-refractivity contribution in [2.24, 2.45) is 5.92 Å². The second kappa shape index (κ2) is 7.19. The lowest BCUT2D eigenvalue weighted by atomic mass is 9.99. The summed E-state index contributed by atoms with van der Waals surface area (Å²) in [6, 6.07) is 3.36. The third-order valence-corrected chi connectivity index (χ3v) is 5.82. The minimum absolute atomic E-state index is 0.0434. The molecule has 0 spiro atoms. The summed E-state index contributed by atoms with van der Waals surface area (Å²) in [5.41, 5.74) is -1.59. The predicted octanol–water partition coefficient (Wildman–Crippen LogP) is 3.45. The van der Waals surface area contributed by atoms with Crippen LogP contribution in [0.5, 0.6) is 0 Å². The highest BCUT2D eigenvalue weighted by molar-refractivity contribution is 7.89. The summed E-state index contributed by atoms with van der Waals surface area (Å²) >= 11 is 0. The second-order valence-electron chi connectivity index (χ2n) is 7.26. The number of esters is 1. The summed E-state index contributed by atoms with van der Waals surface area (Å²) in [7, 11) is -3.98. The third-order valence-electron chi connectivity index (χ3n) is 3.94. The fourth-order valence-electron chi connectivity index (χ4n) is 2.70. The van der Waals surface area contributed by atoms with Gasteiger partial charge >= 0.3 is 12.1 Å². The van der Waals surface area contributed by atoms with E-state index in [4.69, 9.17) is 4.74 Å². The van der Waals surface area contributed by atoms with Gasteiger partial charge in [-0.05, 0) is 57.9 Å². The first-order valence-electron chi connectivity index (χ1n) is 8.21. The molecule has 1 aliphatic heterocycles. The number of carbonyl (C=O) groups is 1. The number of alkyl halides is 3. The first-order chi connectivity index (χ1) is 11.8. The maximum atomic E-state index is 12.7. The van der Waals surface area contributed by atoms with Crippen LogP contribution in [0.3, 0.4) is 0 Å². The van der Waals surface area contributed by atoms with E-state index in [1.54, 1.807) is 20.8 Å². The van der Waals surface area contributed by atoms with Gasteiger partial charge in [-0.2, -0.15) is 17.5 Å². The van der Waals surface area contributed by atoms with Crippen LogP contribution >= 0.6 is 0 Å². The molecule has 9 heteroatoms. The van der Waals surface area contributed by atoms with Gasteiger partial charge in [0.25, 0.3) is 0 Å². The molecule has 1 heterocycles. The Kier molecular flexibility index (Phi) is 5.72. The molecular weight excluding hydrogens is 371 g/mol. The molecule has 1 saturated heterocycles. The van der Waals surface area contributed by atoms with Gasteiger partial charge in [-0.25, -0.2) is 8.42 Å². The van der Waals surface area contributed by atoms with Gasteiger partial charge in [-0.15, -0.1) is 0 Å². The van der Waals surface area contributed by atoms with Gasteiger partial charge in [0.1, 0.15) is 5.60 Å². The number of hydrogen-bond acceptors (Lipinski definition) is 4. The second-order valence-corrected chi connectivity index (χ2v) is 9.20. The van der Waals surface area contributed by atoms with Crippen LogP contribution in [0.4, 0.5) is 13.2 Å². The van der Waals surface area contributed by atoms with E-state index >= 15 is 0 Å². The van der Waals surface area contributed by atoms with Crippen molar-refractivity contribution in [1.29, 1.82) is 0 Å². The number of carbonyl (C=O) groups excluding carboxylic acids is 1. The number of hydrogen-bond donors (Lipinski definition) is 0. The summed E-state index contributed by atoms with van der Waals surface area (Å²) in [6.45, 7) is 5.35. The van der Waals surface area contributed by atoms with Crippen LogP contribution in [0.25, 0.3) is 0 Å². The largest absolute Gasteiger partial charge is 0.460 e. The van der Waals surface area contributed by atoms with E-state index < -0.39 is 39.3 Å². The fraction of sp³-hybridized carbons (Fsp3) is 0.588. The van der Waals surface area contributed by atoms with Crippen LogP contribution in [0.2, 0.25) is 0 Å². The Bertz CT molecular complexity index is 752. The van der Waals surface area contributed by atoms with Gasteiger partial charge in [-0.3, -0.25) is 4.79 Å². The van der Waals surface area contributed by atoms with Crippen molar-refractivity contribution >= 4 is 16.0 Å². The lowest BCUT2D eigenvalue weighted by Gasteiger charge is -2.32. The Hall–Kier alpha value is -1.61. The van der Waals surface area contributed by atoms with Crippen molar-refractivity contribution in [2.75, 3.05) is 13.1 Å². The van der Waals surface area contributed by atoms with Gasteiger partial charge in [0.2, 0.25) is 10.0 Å². The quantitative estimate of drug-likeness (QED) is 0.738. The van der Waals surface area contributed by atoms with Gasteiger partial charge in [0.05, 0.1) is 16.4 Å². The lowest BCUT2D eigenvalue weighted by molar-refractivity contribution is -0.161. The molecule has 1 aromatic rings. The molecule has 0 amide bonds. The fourth-order valence-corrected chi connectivity index (χ4v) is 4.23. The Morgan fingerprint density at radius 1 is 1.15 bits per heavy atom. The first kappa shape index (κ1) is 20.7. The Labute approximate surface area is 151 Å². The van der Waals surface area contributed by atoms with Crippen LogP contribution in [0.15, 0.2) is 29.2 Å². The minimum atomic E-state index is -4.53. The number of benzene rings is 1. The number of sulfonamides is 1. The zero-order valence-corrected chi connectivity index (χ0v) is 15.7. The van der Waals surface area contributed by atoms with Crippen molar-refractivity contribution in [3.8, 4) is 0 Å². The van der Waals surface area contributed by atoms with Crippen molar-refractivity contribution in [2.45, 2.75) is 50.3 Å². The van der Waals surface area contributed by atoms with Crippen molar-refractivity contribution < 1.29 is 31.1 Å². The highest BCUT2D eigenvalue weighted by Gasteiger charge is 2.36. The molecule has 2 rings (SSSR count). The van der Waals surface area contributed by atoms with Crippen LogP contribution in [0.1, 0.15) is 39.2 Å². The summed E-state index contributed by atoms with van der Waals surface area (Å²) in [5.74, 6) is -1.06. The first-order valence-corrected chi connectivity index (χ1v) is 9.65. The Morgan fingerprint density at radius 3 is 2.23 bits per heavy atom. The van der Waals surface area contributed by atoms with Crippen LogP contribution < -0.4 is 0 Å². The molecule has 5 nitrogen and oxygen atoms in total. The third kappa shape index (κ3) is 4.97. The van der Waals surface area contributed by atoms with Crippen LogP contribution in [-0.2, 0) is 25.7 Å². The maximum absolute atomic E-state index is 12.7. The molecule has 146 valence electrons. The van der Waals surface area contributed by atoms with E-state index in [0.717, 1.165) is 28.6 Å². The van der Waals surface area contributed by atoms with Crippen molar-refractivity contribution in [3.63, 3.8) is 0 Å². The lowest BCUT2D eigenvalue weighted by Crippen LogP contribution is -2.43. The average molecular weight is 393 g/mol. The Morgan fingerprint density at radius 2 is 1.73 bits per heavy atom. The van der Waals surface area contributed by atoms with Crippen LogP contribution in [-0.4, -0.2) is 37.4 Å². The summed E-state index contributed by atoms with van der Waals surface area (Å²) in [4.78, 5) is 12.0. The molecule has 0 aliphatic carbocycles. The smallest absolute Gasteiger partial charge is 0.416 e. The highest BCUT2D eigenvalue weighted by atomic mass is 32.2. The number of ether oxygens (including phenoxy) is 1. The van der Waals surface area contributed by atoms with E-state index in [2.05, 4.69) is 0 Å². The molecule has 0 radical (unpaired) electrons. The standard InChI is InChI=1S/C17H22F3NO4S/c1-16(2,3)25-15(22)12-5-4-10-21(11-12)26(23,24)14-8-6-13(7-9-14)17(18,19)20/h6-9,12H,4-5,10-11H2,1-3H3/t12-/m1/s1. The molecule has 1 atom stereocenters. The van der Waals surface area contributed by atoms with Gasteiger partial charge in [-0.1, -0.05) is 0 Å². The molecule has 1 fully saturated rings. The highest BCUT2D eigenvalue weighted by Crippen LogP contribution is 2.31.